The summed E-state index contributed by atoms with van der Waals surface area (Å²) in [5.74, 6) is -2.80. The standard InChI is InChI=1S/C13H14F2N4O/c1-6(2)11-10(16)12(19-18-11)13(20)17-8-5-3-4-7(14)9(8)15/h3-6H,16H2,1-2H3,(H,17,20)(H,18,19). The van der Waals surface area contributed by atoms with E-state index in [4.69, 9.17) is 5.73 Å². The molecule has 5 nitrogen and oxygen atoms in total. The maximum atomic E-state index is 13.5. The number of benzene rings is 1. The molecule has 1 aromatic heterocycles. The van der Waals surface area contributed by atoms with Crippen molar-refractivity contribution in [3.05, 3.63) is 41.2 Å². The van der Waals surface area contributed by atoms with Crippen LogP contribution in [0.2, 0.25) is 0 Å². The summed E-state index contributed by atoms with van der Waals surface area (Å²) < 4.78 is 26.5. The molecule has 0 aliphatic heterocycles. The summed E-state index contributed by atoms with van der Waals surface area (Å²) in [4.78, 5) is 12.0. The second-order valence-electron chi connectivity index (χ2n) is 4.61. The highest BCUT2D eigenvalue weighted by molar-refractivity contribution is 6.06. The molecule has 106 valence electrons. The first-order valence-electron chi connectivity index (χ1n) is 6.01. The van der Waals surface area contributed by atoms with Crippen molar-refractivity contribution in [3.63, 3.8) is 0 Å². The van der Waals surface area contributed by atoms with Gasteiger partial charge < -0.3 is 11.1 Å². The van der Waals surface area contributed by atoms with Gasteiger partial charge >= 0.3 is 0 Å². The van der Waals surface area contributed by atoms with Crippen molar-refractivity contribution in [2.24, 2.45) is 0 Å². The van der Waals surface area contributed by atoms with Crippen molar-refractivity contribution in [3.8, 4) is 0 Å². The zero-order valence-corrected chi connectivity index (χ0v) is 11.0. The van der Waals surface area contributed by atoms with Crippen LogP contribution >= 0.6 is 0 Å². The summed E-state index contributed by atoms with van der Waals surface area (Å²) in [6, 6.07) is 3.51. The number of nitrogens with one attached hydrogen (secondary N) is 2. The minimum absolute atomic E-state index is 0.0441. The van der Waals surface area contributed by atoms with Crippen LogP contribution in [-0.2, 0) is 0 Å². The van der Waals surface area contributed by atoms with Crippen LogP contribution in [0.4, 0.5) is 20.2 Å². The zero-order valence-electron chi connectivity index (χ0n) is 11.0. The molecule has 7 heteroatoms. The lowest BCUT2D eigenvalue weighted by Gasteiger charge is -2.06. The van der Waals surface area contributed by atoms with Gasteiger partial charge in [0.2, 0.25) is 0 Å². The molecule has 0 saturated carbocycles. The Morgan fingerprint density at radius 3 is 2.70 bits per heavy atom. The van der Waals surface area contributed by atoms with Gasteiger partial charge in [-0.05, 0) is 18.1 Å². The van der Waals surface area contributed by atoms with Crippen LogP contribution in [0.1, 0.15) is 35.9 Å². The molecule has 0 atom stereocenters. The molecule has 1 amide bonds. The average Bonchev–Trinajstić information content (AvgIpc) is 2.77. The Bertz CT molecular complexity index is 652. The number of H-pyrrole nitrogens is 1. The zero-order chi connectivity index (χ0) is 14.9. The molecular weight excluding hydrogens is 266 g/mol. The van der Waals surface area contributed by atoms with Crippen LogP contribution in [0.5, 0.6) is 0 Å². The first-order chi connectivity index (χ1) is 9.41. The lowest BCUT2D eigenvalue weighted by Crippen LogP contribution is -2.15. The normalized spacial score (nSPS) is 10.8. The van der Waals surface area contributed by atoms with E-state index >= 15 is 0 Å². The third-order valence-electron chi connectivity index (χ3n) is 2.83. The minimum Gasteiger partial charge on any atom is -0.395 e. The summed E-state index contributed by atoms with van der Waals surface area (Å²) in [6.45, 7) is 3.77. The number of aromatic amines is 1. The number of nitrogens with two attached hydrogens (primary N) is 1. The van der Waals surface area contributed by atoms with E-state index in [0.717, 1.165) is 6.07 Å². The Kier molecular flexibility index (Phi) is 3.69. The molecule has 1 heterocycles. The Morgan fingerprint density at radius 2 is 2.10 bits per heavy atom. The van der Waals surface area contributed by atoms with E-state index in [-0.39, 0.29) is 23.0 Å². The Hall–Kier alpha value is -2.44. The van der Waals surface area contributed by atoms with Gasteiger partial charge in [-0.2, -0.15) is 5.10 Å². The molecule has 2 aromatic rings. The fourth-order valence-corrected chi connectivity index (χ4v) is 1.76. The molecule has 1 aromatic carbocycles. The predicted molar refractivity (Wildman–Crippen MR) is 71.4 cm³/mol. The number of aromatic nitrogens is 2. The van der Waals surface area contributed by atoms with Crippen LogP contribution in [0, 0.1) is 11.6 Å². The quantitative estimate of drug-likeness (QED) is 0.808. The monoisotopic (exact) mass is 280 g/mol. The number of carbonyl (C=O) groups is 1. The van der Waals surface area contributed by atoms with Crippen molar-refractivity contribution >= 4 is 17.3 Å². The average molecular weight is 280 g/mol. The molecule has 20 heavy (non-hydrogen) atoms. The van der Waals surface area contributed by atoms with Crippen molar-refractivity contribution in [2.45, 2.75) is 19.8 Å². The summed E-state index contributed by atoms with van der Waals surface area (Å²) in [7, 11) is 0. The number of hydrogen-bond acceptors (Lipinski definition) is 3. The Labute approximate surface area is 114 Å². The second-order valence-corrected chi connectivity index (χ2v) is 4.61. The third-order valence-corrected chi connectivity index (χ3v) is 2.83. The second kappa shape index (κ2) is 5.28. The number of anilines is 2. The first kappa shape index (κ1) is 14.0. The van der Waals surface area contributed by atoms with Gasteiger partial charge in [0.1, 0.15) is 0 Å². The predicted octanol–water partition coefficient (Wildman–Crippen LogP) is 2.65. The smallest absolute Gasteiger partial charge is 0.278 e. The first-order valence-corrected chi connectivity index (χ1v) is 6.01. The number of amides is 1. The van der Waals surface area contributed by atoms with Crippen LogP contribution in [0.25, 0.3) is 0 Å². The van der Waals surface area contributed by atoms with Crippen LogP contribution in [-0.4, -0.2) is 16.1 Å². The Morgan fingerprint density at radius 1 is 1.40 bits per heavy atom. The van der Waals surface area contributed by atoms with Crippen molar-refractivity contribution in [1.29, 1.82) is 0 Å². The third kappa shape index (κ3) is 2.47. The molecule has 0 spiro atoms. The molecule has 0 bridgehead atoms. The van der Waals surface area contributed by atoms with Crippen molar-refractivity contribution < 1.29 is 13.6 Å². The number of rotatable bonds is 3. The summed E-state index contributed by atoms with van der Waals surface area (Å²) in [6.07, 6.45) is 0. The van der Waals surface area contributed by atoms with Gasteiger partial charge in [0.05, 0.1) is 17.1 Å². The van der Waals surface area contributed by atoms with Gasteiger partial charge in [0.15, 0.2) is 17.3 Å². The fraction of sp³-hybridized carbons (Fsp3) is 0.231. The van der Waals surface area contributed by atoms with Gasteiger partial charge in [0, 0.05) is 0 Å². The maximum Gasteiger partial charge on any atom is 0.278 e. The number of nitrogen functional groups attached to an aromatic ring is 1. The van der Waals surface area contributed by atoms with Gasteiger partial charge in [-0.3, -0.25) is 9.89 Å². The molecule has 0 fully saturated rings. The Balaban J connectivity index is 2.27. The molecule has 0 unspecified atom stereocenters. The van der Waals surface area contributed by atoms with Crippen LogP contribution < -0.4 is 11.1 Å². The summed E-state index contributed by atoms with van der Waals surface area (Å²) in [5.41, 5.74) is 6.32. The summed E-state index contributed by atoms with van der Waals surface area (Å²) >= 11 is 0. The van der Waals surface area contributed by atoms with E-state index < -0.39 is 17.5 Å². The molecule has 2 rings (SSSR count). The molecule has 0 aliphatic rings. The highest BCUT2D eigenvalue weighted by Gasteiger charge is 2.20. The fourth-order valence-electron chi connectivity index (χ4n) is 1.76. The van der Waals surface area contributed by atoms with E-state index in [1.54, 1.807) is 0 Å². The molecule has 0 saturated heterocycles. The molecular formula is C13H14F2N4O. The number of halogens is 2. The molecule has 4 N–H and O–H groups in total. The van der Waals surface area contributed by atoms with Gasteiger partial charge in [0.25, 0.3) is 5.91 Å². The van der Waals surface area contributed by atoms with E-state index in [0.29, 0.717) is 5.69 Å². The van der Waals surface area contributed by atoms with Crippen LogP contribution in [0.15, 0.2) is 18.2 Å². The van der Waals surface area contributed by atoms with Gasteiger partial charge in [-0.25, -0.2) is 8.78 Å². The van der Waals surface area contributed by atoms with Crippen LogP contribution in [0.3, 0.4) is 0 Å². The SMILES string of the molecule is CC(C)c1[nH]nc(C(=O)Nc2cccc(F)c2F)c1N. The molecule has 0 radical (unpaired) electrons. The molecule has 0 aliphatic carbocycles. The number of carbonyl (C=O) groups excluding carboxylic acids is 1. The van der Waals surface area contributed by atoms with Gasteiger partial charge in [-0.15, -0.1) is 0 Å². The highest BCUT2D eigenvalue weighted by atomic mass is 19.2. The minimum atomic E-state index is -1.13. The van der Waals surface area contributed by atoms with Gasteiger partial charge in [-0.1, -0.05) is 19.9 Å². The van der Waals surface area contributed by atoms with E-state index in [9.17, 15) is 13.6 Å². The maximum absolute atomic E-state index is 13.5. The van der Waals surface area contributed by atoms with Crippen molar-refractivity contribution in [2.75, 3.05) is 11.1 Å². The topological polar surface area (TPSA) is 83.8 Å². The van der Waals surface area contributed by atoms with Crippen molar-refractivity contribution in [1.82, 2.24) is 10.2 Å². The summed E-state index contributed by atoms with van der Waals surface area (Å²) in [5, 5.41) is 8.71. The van der Waals surface area contributed by atoms with E-state index in [1.807, 2.05) is 13.8 Å². The highest BCUT2D eigenvalue weighted by Crippen LogP contribution is 2.23. The number of nitrogens with zero attached hydrogens (tertiary/aromatic N) is 1. The number of hydrogen-bond donors (Lipinski definition) is 3. The largest absolute Gasteiger partial charge is 0.395 e. The lowest BCUT2D eigenvalue weighted by atomic mass is 10.1. The van der Waals surface area contributed by atoms with E-state index in [1.165, 1.54) is 12.1 Å². The van der Waals surface area contributed by atoms with E-state index in [2.05, 4.69) is 15.5 Å². The lowest BCUT2D eigenvalue weighted by molar-refractivity contribution is 0.102.